The van der Waals surface area contributed by atoms with Gasteiger partial charge in [-0.05, 0) is 13.0 Å². The largest absolute Gasteiger partial charge is 0.493 e. The molecule has 0 atom stereocenters. The predicted octanol–water partition coefficient (Wildman–Crippen LogP) is 1.76. The van der Waals surface area contributed by atoms with E-state index in [1.807, 2.05) is 13.0 Å². The molecule has 0 bridgehead atoms. The normalized spacial score (nSPS) is 11.1. The molecule has 0 unspecified atom stereocenters. The summed E-state index contributed by atoms with van der Waals surface area (Å²) < 4.78 is 19.3. The van der Waals surface area contributed by atoms with Crippen molar-refractivity contribution in [1.29, 1.82) is 0 Å². The fourth-order valence-corrected chi connectivity index (χ4v) is 3.16. The number of benzene rings is 1. The van der Waals surface area contributed by atoms with Crippen LogP contribution in [0.2, 0.25) is 0 Å². The van der Waals surface area contributed by atoms with Gasteiger partial charge in [-0.25, -0.2) is 4.98 Å². The number of ether oxygens (including phenoxy) is 3. The lowest BCUT2D eigenvalue weighted by Crippen LogP contribution is -2.22. The molecule has 27 heavy (non-hydrogen) atoms. The van der Waals surface area contributed by atoms with Crippen molar-refractivity contribution in [2.75, 3.05) is 21.3 Å². The van der Waals surface area contributed by atoms with E-state index in [1.165, 1.54) is 33.9 Å². The van der Waals surface area contributed by atoms with E-state index in [4.69, 9.17) is 14.2 Å². The third kappa shape index (κ3) is 2.47. The van der Waals surface area contributed by atoms with E-state index < -0.39 is 0 Å². The maximum absolute atomic E-state index is 13.2. The van der Waals surface area contributed by atoms with E-state index in [9.17, 15) is 4.79 Å². The molecule has 0 saturated heterocycles. The molecule has 0 aliphatic carbocycles. The summed E-state index contributed by atoms with van der Waals surface area (Å²) in [7, 11) is 4.59. The summed E-state index contributed by atoms with van der Waals surface area (Å²) in [5, 5.41) is 4.57. The maximum Gasteiger partial charge on any atom is 0.266 e. The van der Waals surface area contributed by atoms with E-state index in [0.717, 1.165) is 0 Å². The molecule has 0 saturated carbocycles. The molecule has 0 N–H and O–H groups in total. The number of fused-ring (bicyclic) bond motifs is 3. The zero-order valence-electron chi connectivity index (χ0n) is 15.3. The average Bonchev–Trinajstić information content (AvgIpc) is 3.16. The standard InChI is InChI=1S/C18H17N5O4/c1-10-5-13-12(8-19-18-20-9-21-23(13)18)17(24)22(10)11-6-14(25-2)16(27-4)15(7-11)26-3/h5-9H,1-4H3. The van der Waals surface area contributed by atoms with Gasteiger partial charge in [0, 0.05) is 24.0 Å². The van der Waals surface area contributed by atoms with Crippen LogP contribution in [0.5, 0.6) is 17.2 Å². The molecule has 1 aromatic carbocycles. The number of methoxy groups -OCH3 is 3. The minimum absolute atomic E-state index is 0.232. The molecule has 0 radical (unpaired) electrons. The fraction of sp³-hybridized carbons (Fsp3) is 0.222. The third-order valence-electron chi connectivity index (χ3n) is 4.38. The second-order valence-electron chi connectivity index (χ2n) is 5.84. The van der Waals surface area contributed by atoms with E-state index in [0.29, 0.717) is 45.3 Å². The molecule has 0 fully saturated rings. The highest BCUT2D eigenvalue weighted by Gasteiger charge is 2.18. The Morgan fingerprint density at radius 1 is 0.963 bits per heavy atom. The van der Waals surface area contributed by atoms with Crippen LogP contribution in [0.15, 0.2) is 35.5 Å². The van der Waals surface area contributed by atoms with Crippen LogP contribution < -0.4 is 19.8 Å². The molecule has 0 amide bonds. The number of hydrogen-bond acceptors (Lipinski definition) is 7. The molecule has 3 heterocycles. The lowest BCUT2D eigenvalue weighted by atomic mass is 10.2. The first-order valence-electron chi connectivity index (χ1n) is 8.10. The zero-order valence-corrected chi connectivity index (χ0v) is 15.3. The lowest BCUT2D eigenvalue weighted by molar-refractivity contribution is 0.324. The highest BCUT2D eigenvalue weighted by atomic mass is 16.5. The Kier molecular flexibility index (Phi) is 3.91. The number of pyridine rings is 1. The molecule has 0 aliphatic rings. The van der Waals surface area contributed by atoms with Crippen LogP contribution in [0, 0.1) is 6.92 Å². The minimum atomic E-state index is -0.232. The minimum Gasteiger partial charge on any atom is -0.493 e. The van der Waals surface area contributed by atoms with Crippen molar-refractivity contribution in [1.82, 2.24) is 24.1 Å². The Morgan fingerprint density at radius 3 is 2.30 bits per heavy atom. The van der Waals surface area contributed by atoms with Gasteiger partial charge in [-0.15, -0.1) is 0 Å². The molecule has 0 aliphatic heterocycles. The fourth-order valence-electron chi connectivity index (χ4n) is 3.16. The van der Waals surface area contributed by atoms with E-state index >= 15 is 0 Å². The maximum atomic E-state index is 13.2. The predicted molar refractivity (Wildman–Crippen MR) is 98.3 cm³/mol. The smallest absolute Gasteiger partial charge is 0.266 e. The van der Waals surface area contributed by atoms with Crippen LogP contribution in [0.3, 0.4) is 0 Å². The molecule has 138 valence electrons. The number of aromatic nitrogens is 5. The Hall–Kier alpha value is -3.62. The van der Waals surface area contributed by atoms with Gasteiger partial charge >= 0.3 is 0 Å². The first kappa shape index (κ1) is 16.8. The second kappa shape index (κ2) is 6.27. The third-order valence-corrected chi connectivity index (χ3v) is 4.38. The summed E-state index contributed by atoms with van der Waals surface area (Å²) in [4.78, 5) is 21.5. The van der Waals surface area contributed by atoms with E-state index in [2.05, 4.69) is 15.1 Å². The van der Waals surface area contributed by atoms with Crippen molar-refractivity contribution in [2.24, 2.45) is 0 Å². The first-order chi connectivity index (χ1) is 13.1. The van der Waals surface area contributed by atoms with Crippen molar-refractivity contribution in [3.63, 3.8) is 0 Å². The van der Waals surface area contributed by atoms with Crippen molar-refractivity contribution in [3.05, 3.63) is 46.8 Å². The molecule has 4 aromatic rings. The van der Waals surface area contributed by atoms with Crippen molar-refractivity contribution < 1.29 is 14.2 Å². The Morgan fingerprint density at radius 2 is 1.67 bits per heavy atom. The molecule has 3 aromatic heterocycles. The summed E-state index contributed by atoms with van der Waals surface area (Å²) in [5.41, 5.74) is 1.71. The number of rotatable bonds is 4. The van der Waals surface area contributed by atoms with Crippen LogP contribution in [0.1, 0.15) is 5.69 Å². The van der Waals surface area contributed by atoms with E-state index in [-0.39, 0.29) is 5.56 Å². The van der Waals surface area contributed by atoms with Crippen LogP contribution in [0.25, 0.3) is 22.4 Å². The van der Waals surface area contributed by atoms with Gasteiger partial charge < -0.3 is 14.2 Å². The Bertz CT molecular complexity index is 1200. The summed E-state index contributed by atoms with van der Waals surface area (Å²) in [5.74, 6) is 1.82. The van der Waals surface area contributed by atoms with Crippen molar-refractivity contribution in [2.45, 2.75) is 6.92 Å². The Labute approximate surface area is 153 Å². The van der Waals surface area contributed by atoms with Gasteiger partial charge in [0.25, 0.3) is 11.3 Å². The van der Waals surface area contributed by atoms with Crippen molar-refractivity contribution >= 4 is 16.7 Å². The highest BCUT2D eigenvalue weighted by molar-refractivity contribution is 5.79. The quantitative estimate of drug-likeness (QED) is 0.543. The number of hydrogen-bond donors (Lipinski definition) is 0. The topological polar surface area (TPSA) is 92.8 Å². The second-order valence-corrected chi connectivity index (χ2v) is 5.84. The summed E-state index contributed by atoms with van der Waals surface area (Å²) >= 11 is 0. The van der Waals surface area contributed by atoms with Crippen LogP contribution in [-0.4, -0.2) is 45.5 Å². The Balaban J connectivity index is 2.05. The highest BCUT2D eigenvalue weighted by Crippen LogP contribution is 2.39. The van der Waals surface area contributed by atoms with E-state index in [1.54, 1.807) is 21.2 Å². The molecular formula is C18H17N5O4. The van der Waals surface area contributed by atoms with Gasteiger partial charge in [0.15, 0.2) is 11.5 Å². The molecule has 9 nitrogen and oxygen atoms in total. The molecular weight excluding hydrogens is 350 g/mol. The SMILES string of the molecule is COc1cc(-n2c(C)cc3c(cnc4ncnn43)c2=O)cc(OC)c1OC. The summed E-state index contributed by atoms with van der Waals surface area (Å²) in [6.07, 6.45) is 2.91. The van der Waals surface area contributed by atoms with Gasteiger partial charge in [0.2, 0.25) is 5.75 Å². The van der Waals surface area contributed by atoms with Gasteiger partial charge in [-0.2, -0.15) is 14.6 Å². The van der Waals surface area contributed by atoms with Crippen LogP contribution in [-0.2, 0) is 0 Å². The summed E-state index contributed by atoms with van der Waals surface area (Å²) in [6, 6.07) is 5.31. The number of aryl methyl sites for hydroxylation is 1. The van der Waals surface area contributed by atoms with Crippen LogP contribution in [0.4, 0.5) is 0 Å². The number of nitrogens with zero attached hydrogens (tertiary/aromatic N) is 5. The molecule has 4 rings (SSSR count). The van der Waals surface area contributed by atoms with Crippen molar-refractivity contribution in [3.8, 4) is 22.9 Å². The monoisotopic (exact) mass is 367 g/mol. The molecule has 0 spiro atoms. The van der Waals surface area contributed by atoms with Gasteiger partial charge in [-0.1, -0.05) is 0 Å². The van der Waals surface area contributed by atoms with Gasteiger partial charge in [0.05, 0.1) is 37.9 Å². The lowest BCUT2D eigenvalue weighted by Gasteiger charge is -2.17. The first-order valence-corrected chi connectivity index (χ1v) is 8.10. The zero-order chi connectivity index (χ0) is 19.1. The average molecular weight is 367 g/mol. The van der Waals surface area contributed by atoms with Gasteiger partial charge in [-0.3, -0.25) is 9.36 Å². The van der Waals surface area contributed by atoms with Gasteiger partial charge in [0.1, 0.15) is 6.33 Å². The van der Waals surface area contributed by atoms with Crippen LogP contribution >= 0.6 is 0 Å². The summed E-state index contributed by atoms with van der Waals surface area (Å²) in [6.45, 7) is 1.84. The molecule has 9 heteroatoms.